The third-order valence-electron chi connectivity index (χ3n) is 5.15. The Bertz CT molecular complexity index is 1580. The third kappa shape index (κ3) is 6.47. The number of nitrogens with zero attached hydrogens (tertiary/aromatic N) is 1. The Morgan fingerprint density at radius 2 is 1.74 bits per heavy atom. The number of benzene rings is 2. The molecule has 14 heteroatoms. The molecule has 2 heterocycles. The van der Waals surface area contributed by atoms with Crippen molar-refractivity contribution < 1.29 is 86.7 Å². The maximum atomic E-state index is 13.2. The van der Waals surface area contributed by atoms with E-state index in [0.29, 0.717) is 38.4 Å². The summed E-state index contributed by atoms with van der Waals surface area (Å²) in [5.74, 6) is 0.481. The Kier molecular flexibility index (Phi) is 10.4. The molecular weight excluding hydrogens is 516 g/mol. The molecule has 0 radical (unpaired) electrons. The summed E-state index contributed by atoms with van der Waals surface area (Å²) in [6.07, 6.45) is 0. The Morgan fingerprint density at radius 3 is 2.37 bits per heavy atom. The molecule has 4 rings (SSSR count). The van der Waals surface area contributed by atoms with E-state index in [1.807, 2.05) is 6.92 Å². The average molecular weight is 533 g/mol. The summed E-state index contributed by atoms with van der Waals surface area (Å²) in [6, 6.07) is 9.32. The molecule has 0 saturated carbocycles. The summed E-state index contributed by atoms with van der Waals surface area (Å²) in [4.78, 5) is 21.0. The van der Waals surface area contributed by atoms with Gasteiger partial charge in [0.2, 0.25) is 0 Å². The number of H-pyrrole nitrogens is 1. The van der Waals surface area contributed by atoms with E-state index in [0.717, 1.165) is 29.4 Å². The molecule has 0 atom stereocenters. The number of rotatable bonds is 6. The van der Waals surface area contributed by atoms with Gasteiger partial charge in [-0.25, -0.2) is 13.4 Å². The van der Waals surface area contributed by atoms with Crippen molar-refractivity contribution in [2.75, 3.05) is 5.32 Å². The van der Waals surface area contributed by atoms with Crippen molar-refractivity contribution in [2.45, 2.75) is 30.6 Å². The zero-order valence-electron chi connectivity index (χ0n) is 19.6. The molecule has 4 aromatic rings. The van der Waals surface area contributed by atoms with E-state index in [9.17, 15) is 23.0 Å². The maximum absolute atomic E-state index is 13.2. The summed E-state index contributed by atoms with van der Waals surface area (Å²) in [5.41, 5.74) is 2.96. The van der Waals surface area contributed by atoms with Crippen LogP contribution in [0.1, 0.15) is 16.7 Å². The number of pyridine rings is 2. The maximum Gasteiger partial charge on any atom is 1.00 e. The van der Waals surface area contributed by atoms with Crippen LogP contribution in [0.2, 0.25) is 0 Å². The van der Waals surface area contributed by atoms with Gasteiger partial charge in [-0.2, -0.15) is 4.33 Å². The summed E-state index contributed by atoms with van der Waals surface area (Å²) in [7, 11) is -4.71. The number of hydrogen-bond donors (Lipinski definition) is 2. The first-order valence-electron chi connectivity index (χ1n) is 9.53. The van der Waals surface area contributed by atoms with E-state index in [2.05, 4.69) is 24.7 Å². The summed E-state index contributed by atoms with van der Waals surface area (Å²) < 4.78 is 38.7. The molecule has 2 aromatic carbocycles. The van der Waals surface area contributed by atoms with Crippen LogP contribution >= 0.6 is 12.0 Å². The number of aromatic nitrogens is 2. The first-order chi connectivity index (χ1) is 15.6. The molecule has 0 bridgehead atoms. The number of nitrogens with one attached hydrogen (secondary N) is 2. The Labute approximate surface area is 249 Å². The van der Waals surface area contributed by atoms with E-state index < -0.39 is 20.4 Å². The zero-order chi connectivity index (χ0) is 23.9. The smallest absolute Gasteiger partial charge is 0.744 e. The van der Waals surface area contributed by atoms with Crippen LogP contribution in [0.25, 0.3) is 21.9 Å². The molecule has 10 nitrogen and oxygen atoms in total. The molecule has 0 unspecified atom stereocenters. The number of hydrogen-bond acceptors (Lipinski definition) is 10. The number of aromatic amines is 1. The molecule has 0 amide bonds. The standard InChI is InChI=1S/C21H19N3O7S2.2Na/c1-10-6-13(32-31-30-26)4-5-16(10)22-17-8-11(2)18-20(25)15-9-14(33(27,28)29)7-12(3)19(15)24-21(18)23-17;;/h4-9,26H,1-3H3,(H,27,28,29)(H2,22,23,24,25);;/q;2*+1/p-2. The van der Waals surface area contributed by atoms with Gasteiger partial charge < -0.3 is 20.1 Å². The second-order valence-corrected chi connectivity index (χ2v) is 9.59. The fourth-order valence-corrected chi connectivity index (χ4v) is 4.67. The second kappa shape index (κ2) is 12.0. The Balaban J connectivity index is 0.00000216. The number of aryl methyl sites for hydroxylation is 3. The monoisotopic (exact) mass is 533 g/mol. The molecule has 0 saturated heterocycles. The van der Waals surface area contributed by atoms with Crippen molar-refractivity contribution in [1.82, 2.24) is 9.97 Å². The quantitative estimate of drug-likeness (QED) is 0.0650. The first-order valence-corrected chi connectivity index (χ1v) is 11.7. The van der Waals surface area contributed by atoms with Crippen LogP contribution in [0, 0.1) is 20.8 Å². The van der Waals surface area contributed by atoms with Crippen molar-refractivity contribution in [3.05, 3.63) is 63.3 Å². The molecule has 2 aromatic heterocycles. The van der Waals surface area contributed by atoms with Gasteiger partial charge in [0.25, 0.3) is 0 Å². The predicted molar refractivity (Wildman–Crippen MR) is 120 cm³/mol. The average Bonchev–Trinajstić information content (AvgIpc) is 2.73. The normalized spacial score (nSPS) is 11.2. The summed E-state index contributed by atoms with van der Waals surface area (Å²) in [5, 5.41) is 17.0. The molecule has 0 aliphatic carbocycles. The van der Waals surface area contributed by atoms with Gasteiger partial charge >= 0.3 is 59.1 Å². The molecule has 2 N–H and O–H groups in total. The van der Waals surface area contributed by atoms with Crippen LogP contribution in [-0.4, -0.2) is 22.9 Å². The molecule has 35 heavy (non-hydrogen) atoms. The van der Waals surface area contributed by atoms with E-state index in [1.54, 1.807) is 38.1 Å². The molecule has 0 spiro atoms. The number of anilines is 2. The van der Waals surface area contributed by atoms with Crippen molar-refractivity contribution in [2.24, 2.45) is 0 Å². The van der Waals surface area contributed by atoms with E-state index in [1.165, 1.54) is 6.07 Å². The van der Waals surface area contributed by atoms with Crippen molar-refractivity contribution in [3.8, 4) is 0 Å². The molecule has 0 fully saturated rings. The van der Waals surface area contributed by atoms with Gasteiger partial charge in [0.05, 0.1) is 27.8 Å². The minimum Gasteiger partial charge on any atom is -0.744 e. The Hall–Kier alpha value is -1.000. The van der Waals surface area contributed by atoms with Gasteiger partial charge in [0.1, 0.15) is 21.6 Å². The predicted octanol–water partition coefficient (Wildman–Crippen LogP) is -3.11. The van der Waals surface area contributed by atoms with E-state index in [4.69, 9.17) is 0 Å². The van der Waals surface area contributed by atoms with Gasteiger partial charge in [-0.05, 0) is 73.9 Å². The van der Waals surface area contributed by atoms with Crippen LogP contribution in [-0.2, 0) is 19.5 Å². The van der Waals surface area contributed by atoms with Gasteiger partial charge in [0, 0.05) is 16.0 Å². The van der Waals surface area contributed by atoms with Gasteiger partial charge in [-0.15, -0.1) is 0 Å². The van der Waals surface area contributed by atoms with Gasteiger partial charge in [-0.3, -0.25) is 9.83 Å². The second-order valence-electron chi connectivity index (χ2n) is 7.44. The van der Waals surface area contributed by atoms with Gasteiger partial charge in [-0.1, -0.05) is 0 Å². The zero-order valence-corrected chi connectivity index (χ0v) is 25.2. The van der Waals surface area contributed by atoms with E-state index in [-0.39, 0.29) is 64.5 Å². The summed E-state index contributed by atoms with van der Waals surface area (Å²) >= 11 is 0.785. The van der Waals surface area contributed by atoms with Crippen molar-refractivity contribution >= 4 is 55.6 Å². The Morgan fingerprint density at radius 1 is 1.03 bits per heavy atom. The first kappa shape index (κ1) is 30.2. The fourth-order valence-electron chi connectivity index (χ4n) is 3.63. The minimum absolute atomic E-state index is 0. The molecular formula is C21H17N3Na2O7S2. The molecule has 0 aliphatic rings. The summed E-state index contributed by atoms with van der Waals surface area (Å²) in [6.45, 7) is 5.21. The topological polar surface area (TPSA) is 156 Å². The largest absolute Gasteiger partial charge is 1.00 e. The third-order valence-corrected chi connectivity index (χ3v) is 6.53. The SMILES string of the molecule is Cc1cc(SOO[O-])ccc1Nc1cc(C)c2c(=O)c3cc(S(=O)(=O)[O-])cc(C)c3[nH]c2n1.[Na+].[Na+]. The molecule has 0 aliphatic heterocycles. The van der Waals surface area contributed by atoms with Crippen molar-refractivity contribution in [3.63, 3.8) is 0 Å². The van der Waals surface area contributed by atoms with Crippen LogP contribution in [0.3, 0.4) is 0 Å². The van der Waals surface area contributed by atoms with Crippen LogP contribution < -0.4 is 75.1 Å². The van der Waals surface area contributed by atoms with Crippen LogP contribution in [0.4, 0.5) is 11.5 Å². The van der Waals surface area contributed by atoms with E-state index >= 15 is 0 Å². The molecule has 172 valence electrons. The van der Waals surface area contributed by atoms with Crippen molar-refractivity contribution in [1.29, 1.82) is 0 Å². The van der Waals surface area contributed by atoms with Crippen LogP contribution in [0.15, 0.2) is 51.0 Å². The minimum atomic E-state index is -4.71. The van der Waals surface area contributed by atoms with Gasteiger partial charge in [0.15, 0.2) is 5.43 Å². The number of fused-ring (bicyclic) bond motifs is 2. The fraction of sp³-hybridized carbons (Fsp3) is 0.143. The van der Waals surface area contributed by atoms with Crippen LogP contribution in [0.5, 0.6) is 0 Å².